The maximum atomic E-state index is 13.3. The van der Waals surface area contributed by atoms with Crippen LogP contribution in [0.1, 0.15) is 34.1 Å². The molecule has 2 aromatic heterocycles. The molecular weight excluding hydrogens is 428 g/mol. The molecule has 1 saturated heterocycles. The second-order valence-electron chi connectivity index (χ2n) is 9.96. The Kier molecular flexibility index (Phi) is 2.89. The zero-order valence-electron chi connectivity index (χ0n) is 18.8. The Hall–Kier alpha value is -3.39. The van der Waals surface area contributed by atoms with Crippen LogP contribution in [0.4, 0.5) is 0 Å². The zero-order valence-corrected chi connectivity index (χ0v) is 18.8. The zero-order chi connectivity index (χ0) is 22.5. The number of likely N-dealkylation sites (N-methyl/N-ethyl adjacent to an activating group) is 1. The van der Waals surface area contributed by atoms with Gasteiger partial charge in [-0.05, 0) is 18.7 Å². The van der Waals surface area contributed by atoms with Gasteiger partial charge in [0.25, 0.3) is 5.91 Å². The number of para-hydroxylation sites is 2. The van der Waals surface area contributed by atoms with Gasteiger partial charge in [-0.25, -0.2) is 0 Å². The molecule has 4 aliphatic heterocycles. The topological polar surface area (TPSA) is 69.5 Å². The minimum Gasteiger partial charge on any atom is -0.374 e. The molecule has 4 atom stereocenters. The quantitative estimate of drug-likeness (QED) is 0.430. The fourth-order valence-corrected chi connectivity index (χ4v) is 7.65. The van der Waals surface area contributed by atoms with Crippen LogP contribution in [-0.4, -0.2) is 41.3 Å². The van der Waals surface area contributed by atoms with Crippen molar-refractivity contribution >= 4 is 49.5 Å². The average molecular weight is 450 g/mol. The van der Waals surface area contributed by atoms with Crippen molar-refractivity contribution in [3.63, 3.8) is 0 Å². The van der Waals surface area contributed by atoms with Gasteiger partial charge in [-0.2, -0.15) is 0 Å². The Morgan fingerprint density at radius 1 is 1.09 bits per heavy atom. The average Bonchev–Trinajstić information content (AvgIpc) is 3.50. The number of amides is 1. The summed E-state index contributed by atoms with van der Waals surface area (Å²) in [6.07, 6.45) is 0.396. The molecule has 0 saturated carbocycles. The van der Waals surface area contributed by atoms with Gasteiger partial charge in [0.05, 0.1) is 27.6 Å². The maximum Gasteiger partial charge on any atom is 0.252 e. The summed E-state index contributed by atoms with van der Waals surface area (Å²) in [5.41, 5.74) is 6.96. The minimum absolute atomic E-state index is 0.0156. The summed E-state index contributed by atoms with van der Waals surface area (Å²) in [5.74, 6) is 0.0156. The van der Waals surface area contributed by atoms with Crippen LogP contribution in [-0.2, 0) is 21.7 Å². The van der Waals surface area contributed by atoms with E-state index in [2.05, 4.69) is 62.2 Å². The number of nitrogens with zero attached hydrogens (tertiary/aromatic N) is 2. The highest BCUT2D eigenvalue weighted by Crippen LogP contribution is 2.61. The maximum absolute atomic E-state index is 13.3. The van der Waals surface area contributed by atoms with E-state index in [1.54, 1.807) is 7.11 Å². The number of rotatable bonds is 2. The van der Waals surface area contributed by atoms with E-state index in [0.29, 0.717) is 6.54 Å². The number of hydrogen-bond donors (Lipinski definition) is 2. The Balaban J connectivity index is 1.63. The van der Waals surface area contributed by atoms with Crippen molar-refractivity contribution < 1.29 is 14.3 Å². The van der Waals surface area contributed by atoms with E-state index in [9.17, 15) is 4.79 Å². The van der Waals surface area contributed by atoms with Crippen LogP contribution in [0.25, 0.3) is 43.6 Å². The summed E-state index contributed by atoms with van der Waals surface area (Å²) in [6, 6.07) is 15.0. The normalized spacial score (nSPS) is 28.3. The summed E-state index contributed by atoms with van der Waals surface area (Å²) in [5, 5.41) is 11.2. The molecule has 0 radical (unpaired) electrons. The van der Waals surface area contributed by atoms with Gasteiger partial charge >= 0.3 is 0 Å². The molecule has 1 amide bonds. The molecule has 2 N–H and O–H groups in total. The van der Waals surface area contributed by atoms with Crippen LogP contribution in [0, 0.1) is 0 Å². The van der Waals surface area contributed by atoms with Crippen molar-refractivity contribution in [2.24, 2.45) is 0 Å². The van der Waals surface area contributed by atoms with E-state index < -0.39 is 5.72 Å². The first kappa shape index (κ1) is 18.0. The highest BCUT2D eigenvalue weighted by atomic mass is 16.6. The third-order valence-corrected chi connectivity index (χ3v) is 8.78. The standard InChI is InChI=1S/C27H22N4O3/c1-28-16-10-18-30-17-9-4-3-6-12(17)20-21-14(11-29-26(21)32)19-13-7-5-8-15-22(13)31(24(19)23(20)30)27(15,34-18)25(16)33-2/h3-9,16,18,25,28H,10-11H2,1-2H3,(H,29,32)/t16-,18?,25-,27-/m0/s1. The molecule has 4 aliphatic rings. The third kappa shape index (κ3) is 1.58. The number of carbonyl (C=O) groups excluding carboxylic acids is 1. The van der Waals surface area contributed by atoms with E-state index in [1.165, 1.54) is 21.9 Å². The van der Waals surface area contributed by atoms with Gasteiger partial charge in [0.2, 0.25) is 5.72 Å². The number of ether oxygens (including phenoxy) is 2. The van der Waals surface area contributed by atoms with Gasteiger partial charge in [-0.1, -0.05) is 36.4 Å². The summed E-state index contributed by atoms with van der Waals surface area (Å²) >= 11 is 0. The van der Waals surface area contributed by atoms with Gasteiger partial charge < -0.3 is 29.2 Å². The minimum atomic E-state index is -0.709. The van der Waals surface area contributed by atoms with E-state index in [-0.39, 0.29) is 24.3 Å². The summed E-state index contributed by atoms with van der Waals surface area (Å²) in [4.78, 5) is 13.3. The molecule has 168 valence electrons. The lowest BCUT2D eigenvalue weighted by Crippen LogP contribution is -2.64. The Labute approximate surface area is 194 Å². The Morgan fingerprint density at radius 3 is 2.79 bits per heavy atom. The van der Waals surface area contributed by atoms with Crippen molar-refractivity contribution in [2.75, 3.05) is 14.2 Å². The van der Waals surface area contributed by atoms with Crippen LogP contribution in [0.15, 0.2) is 42.5 Å². The molecule has 34 heavy (non-hydrogen) atoms. The van der Waals surface area contributed by atoms with Crippen LogP contribution in [0.2, 0.25) is 0 Å². The molecule has 7 heteroatoms. The molecule has 1 fully saturated rings. The number of carbonyl (C=O) groups is 1. The van der Waals surface area contributed by atoms with Crippen LogP contribution in [0.3, 0.4) is 0 Å². The van der Waals surface area contributed by atoms with E-state index >= 15 is 0 Å². The lowest BCUT2D eigenvalue weighted by atomic mass is 9.81. The van der Waals surface area contributed by atoms with E-state index in [1.807, 2.05) is 7.05 Å². The molecule has 1 unspecified atom stereocenters. The highest BCUT2D eigenvalue weighted by molar-refractivity contribution is 6.31. The number of methoxy groups -OCH3 is 1. The van der Waals surface area contributed by atoms with Crippen molar-refractivity contribution in [3.05, 3.63) is 59.2 Å². The molecule has 5 aromatic rings. The predicted molar refractivity (Wildman–Crippen MR) is 129 cm³/mol. The lowest BCUT2D eigenvalue weighted by Gasteiger charge is -2.54. The van der Waals surface area contributed by atoms with Crippen LogP contribution >= 0.6 is 0 Å². The molecule has 6 heterocycles. The molecule has 2 bridgehead atoms. The number of fused-ring (bicyclic) bond motifs is 9. The van der Waals surface area contributed by atoms with Crippen LogP contribution < -0.4 is 10.6 Å². The monoisotopic (exact) mass is 450 g/mol. The van der Waals surface area contributed by atoms with Crippen molar-refractivity contribution in [1.82, 2.24) is 19.8 Å². The molecule has 7 nitrogen and oxygen atoms in total. The molecule has 3 aromatic carbocycles. The van der Waals surface area contributed by atoms with Gasteiger partial charge in [-0.15, -0.1) is 0 Å². The lowest BCUT2D eigenvalue weighted by molar-refractivity contribution is -0.250. The van der Waals surface area contributed by atoms with Gasteiger partial charge in [-0.3, -0.25) is 4.79 Å². The number of nitrogens with one attached hydrogen (secondary N) is 2. The third-order valence-electron chi connectivity index (χ3n) is 8.78. The van der Waals surface area contributed by atoms with E-state index in [4.69, 9.17) is 9.47 Å². The first-order valence-corrected chi connectivity index (χ1v) is 11.9. The molecule has 0 aliphatic carbocycles. The Morgan fingerprint density at radius 2 is 1.94 bits per heavy atom. The number of hydrogen-bond acceptors (Lipinski definition) is 4. The van der Waals surface area contributed by atoms with E-state index in [0.717, 1.165) is 44.9 Å². The van der Waals surface area contributed by atoms with Gasteiger partial charge in [0.15, 0.2) is 0 Å². The number of benzene rings is 3. The predicted octanol–water partition coefficient (Wildman–Crippen LogP) is 3.70. The Bertz CT molecular complexity index is 1800. The van der Waals surface area contributed by atoms with Crippen LogP contribution in [0.5, 0.6) is 0 Å². The SMILES string of the molecule is CN[C@H]1CC2O[C@@]3(c4cccc5c6c7c(c8c9ccccc9n2c8c6n3c45)C(=O)NC7)[C@H]1OC. The highest BCUT2D eigenvalue weighted by Gasteiger charge is 2.61. The second kappa shape index (κ2) is 5.46. The van der Waals surface area contributed by atoms with Gasteiger partial charge in [0.1, 0.15) is 12.3 Å². The molecule has 1 spiro atoms. The van der Waals surface area contributed by atoms with Gasteiger partial charge in [0, 0.05) is 53.2 Å². The largest absolute Gasteiger partial charge is 0.374 e. The second-order valence-corrected chi connectivity index (χ2v) is 9.96. The number of aromatic nitrogens is 2. The van der Waals surface area contributed by atoms with Crippen molar-refractivity contribution in [2.45, 2.75) is 37.1 Å². The molecular formula is C27H22N4O3. The summed E-state index contributed by atoms with van der Waals surface area (Å²) in [6.45, 7) is 0.549. The fraction of sp³-hybridized carbons (Fsp3) is 0.296. The smallest absolute Gasteiger partial charge is 0.252 e. The molecule has 9 rings (SSSR count). The summed E-state index contributed by atoms with van der Waals surface area (Å²) in [7, 11) is 3.79. The fourth-order valence-electron chi connectivity index (χ4n) is 7.65. The first-order chi connectivity index (χ1) is 16.7. The summed E-state index contributed by atoms with van der Waals surface area (Å²) < 4.78 is 18.1. The first-order valence-electron chi connectivity index (χ1n) is 11.9. The van der Waals surface area contributed by atoms with Crippen molar-refractivity contribution in [3.8, 4) is 0 Å². The van der Waals surface area contributed by atoms with Crippen molar-refractivity contribution in [1.29, 1.82) is 0 Å².